The maximum Gasteiger partial charge on any atom is 0.185 e. The van der Waals surface area contributed by atoms with Gasteiger partial charge in [-0.05, 0) is 36.8 Å². The molecule has 1 aliphatic heterocycles. The smallest absolute Gasteiger partial charge is 0.185 e. The zero-order chi connectivity index (χ0) is 16.1. The number of carbonyl (C=O) groups is 1. The SMILES string of the molecule is CCN1/C(=C/C=C\C(=O)c2ccccc2)C=Cc2ccccc21. The first-order valence-corrected chi connectivity index (χ1v) is 7.82. The van der Waals surface area contributed by atoms with Crippen LogP contribution in [0.1, 0.15) is 22.8 Å². The summed E-state index contributed by atoms with van der Waals surface area (Å²) >= 11 is 0. The first kappa shape index (κ1) is 15.0. The molecule has 0 unspecified atom stereocenters. The molecular weight excluding hydrogens is 282 g/mol. The van der Waals surface area contributed by atoms with Crippen LogP contribution in [0, 0.1) is 0 Å². The van der Waals surface area contributed by atoms with Crippen molar-refractivity contribution < 1.29 is 4.79 Å². The fourth-order valence-corrected chi connectivity index (χ4v) is 2.71. The van der Waals surface area contributed by atoms with E-state index < -0.39 is 0 Å². The average molecular weight is 301 g/mol. The van der Waals surface area contributed by atoms with Crippen molar-refractivity contribution in [1.29, 1.82) is 0 Å². The third-order valence-electron chi connectivity index (χ3n) is 3.86. The number of hydrogen-bond donors (Lipinski definition) is 0. The molecule has 0 spiro atoms. The molecule has 0 fully saturated rings. The highest BCUT2D eigenvalue weighted by Crippen LogP contribution is 2.30. The van der Waals surface area contributed by atoms with Crippen molar-refractivity contribution in [3.63, 3.8) is 0 Å². The number of carbonyl (C=O) groups excluding carboxylic acids is 1. The van der Waals surface area contributed by atoms with Crippen LogP contribution in [0.25, 0.3) is 6.08 Å². The fourth-order valence-electron chi connectivity index (χ4n) is 2.71. The number of likely N-dealkylation sites (N-methyl/N-ethyl adjacent to an activating group) is 1. The molecule has 114 valence electrons. The number of para-hydroxylation sites is 1. The van der Waals surface area contributed by atoms with E-state index in [0.29, 0.717) is 5.56 Å². The van der Waals surface area contributed by atoms with Gasteiger partial charge in [0.2, 0.25) is 0 Å². The van der Waals surface area contributed by atoms with E-state index >= 15 is 0 Å². The van der Waals surface area contributed by atoms with E-state index in [2.05, 4.69) is 36.1 Å². The largest absolute Gasteiger partial charge is 0.341 e. The Balaban J connectivity index is 1.81. The molecule has 0 N–H and O–H groups in total. The van der Waals surface area contributed by atoms with Crippen LogP contribution in [0.5, 0.6) is 0 Å². The molecule has 1 aliphatic rings. The van der Waals surface area contributed by atoms with E-state index in [0.717, 1.165) is 12.2 Å². The molecule has 0 radical (unpaired) electrons. The standard InChI is InChI=1S/C21H19NO/c1-2-22-19(16-15-17-9-6-7-13-20(17)22)12-8-14-21(23)18-10-4-3-5-11-18/h3-16H,2H2,1H3/b14-8-,19-12+. The third-order valence-corrected chi connectivity index (χ3v) is 3.86. The minimum absolute atomic E-state index is 0.0192. The predicted octanol–water partition coefficient (Wildman–Crippen LogP) is 4.86. The quantitative estimate of drug-likeness (QED) is 0.593. The van der Waals surface area contributed by atoms with Crippen LogP contribution in [0.2, 0.25) is 0 Å². The summed E-state index contributed by atoms with van der Waals surface area (Å²) in [6, 6.07) is 17.6. The van der Waals surface area contributed by atoms with Crippen molar-refractivity contribution in [2.75, 3.05) is 11.4 Å². The Morgan fingerprint density at radius 3 is 2.52 bits per heavy atom. The van der Waals surface area contributed by atoms with E-state index in [1.54, 1.807) is 6.08 Å². The van der Waals surface area contributed by atoms with Gasteiger partial charge in [0.05, 0.1) is 0 Å². The summed E-state index contributed by atoms with van der Waals surface area (Å²) in [6.45, 7) is 3.01. The molecule has 2 aromatic carbocycles. The highest BCUT2D eigenvalue weighted by molar-refractivity contribution is 6.04. The topological polar surface area (TPSA) is 20.3 Å². The predicted molar refractivity (Wildman–Crippen MR) is 96.5 cm³/mol. The summed E-state index contributed by atoms with van der Waals surface area (Å²) in [4.78, 5) is 14.3. The lowest BCUT2D eigenvalue weighted by Gasteiger charge is -2.29. The molecule has 2 nitrogen and oxygen atoms in total. The maximum absolute atomic E-state index is 12.1. The van der Waals surface area contributed by atoms with Gasteiger partial charge in [0.15, 0.2) is 5.78 Å². The maximum atomic E-state index is 12.1. The summed E-state index contributed by atoms with van der Waals surface area (Å²) in [6.07, 6.45) is 9.62. The van der Waals surface area contributed by atoms with Gasteiger partial charge in [-0.2, -0.15) is 0 Å². The molecule has 0 aromatic heterocycles. The number of fused-ring (bicyclic) bond motifs is 1. The lowest BCUT2D eigenvalue weighted by atomic mass is 10.1. The Bertz CT molecular complexity index is 784. The first-order valence-electron chi connectivity index (χ1n) is 7.82. The van der Waals surface area contributed by atoms with Crippen molar-refractivity contribution in [3.8, 4) is 0 Å². The molecular formula is C21H19NO. The summed E-state index contributed by atoms with van der Waals surface area (Å²) in [5.41, 5.74) is 4.21. The zero-order valence-electron chi connectivity index (χ0n) is 13.1. The van der Waals surface area contributed by atoms with Gasteiger partial charge in [-0.15, -0.1) is 0 Å². The summed E-state index contributed by atoms with van der Waals surface area (Å²) in [5.74, 6) is 0.0192. The number of allylic oxidation sites excluding steroid dienone is 4. The van der Waals surface area contributed by atoms with Crippen LogP contribution in [0.4, 0.5) is 5.69 Å². The Kier molecular flexibility index (Phi) is 4.53. The highest BCUT2D eigenvalue weighted by Gasteiger charge is 2.14. The molecule has 2 heteroatoms. The molecule has 1 heterocycles. The number of ketones is 1. The minimum atomic E-state index is 0.0192. The Hall–Kier alpha value is -2.87. The second-order valence-electron chi connectivity index (χ2n) is 5.32. The lowest BCUT2D eigenvalue weighted by Crippen LogP contribution is -2.23. The van der Waals surface area contributed by atoms with Gasteiger partial charge in [-0.3, -0.25) is 4.79 Å². The van der Waals surface area contributed by atoms with Crippen LogP contribution < -0.4 is 4.90 Å². The second-order valence-corrected chi connectivity index (χ2v) is 5.32. The number of nitrogens with zero attached hydrogens (tertiary/aromatic N) is 1. The Morgan fingerprint density at radius 2 is 1.74 bits per heavy atom. The molecule has 23 heavy (non-hydrogen) atoms. The van der Waals surface area contributed by atoms with Crippen LogP contribution in [0.3, 0.4) is 0 Å². The number of anilines is 1. The Morgan fingerprint density at radius 1 is 1.00 bits per heavy atom. The molecule has 0 aliphatic carbocycles. The summed E-state index contributed by atoms with van der Waals surface area (Å²) in [7, 11) is 0. The normalized spacial score (nSPS) is 15.2. The minimum Gasteiger partial charge on any atom is -0.341 e. The molecule has 0 saturated carbocycles. The van der Waals surface area contributed by atoms with E-state index in [1.165, 1.54) is 11.3 Å². The first-order chi connectivity index (χ1) is 11.3. The van der Waals surface area contributed by atoms with E-state index in [1.807, 2.05) is 54.6 Å². The van der Waals surface area contributed by atoms with Gasteiger partial charge in [0.25, 0.3) is 0 Å². The van der Waals surface area contributed by atoms with Crippen molar-refractivity contribution in [2.24, 2.45) is 0 Å². The molecule has 0 atom stereocenters. The Labute approximate surface area is 137 Å². The second kappa shape index (κ2) is 6.93. The van der Waals surface area contributed by atoms with Crippen LogP contribution in [0.15, 0.2) is 84.6 Å². The van der Waals surface area contributed by atoms with Crippen LogP contribution in [-0.4, -0.2) is 12.3 Å². The van der Waals surface area contributed by atoms with Crippen LogP contribution in [-0.2, 0) is 0 Å². The van der Waals surface area contributed by atoms with Gasteiger partial charge >= 0.3 is 0 Å². The van der Waals surface area contributed by atoms with Crippen molar-refractivity contribution in [1.82, 2.24) is 0 Å². The molecule has 3 rings (SSSR count). The van der Waals surface area contributed by atoms with Crippen molar-refractivity contribution in [3.05, 3.63) is 95.7 Å². The molecule has 0 amide bonds. The molecule has 2 aromatic rings. The zero-order valence-corrected chi connectivity index (χ0v) is 13.1. The molecule has 0 bridgehead atoms. The fraction of sp³-hybridized carbons (Fsp3) is 0.0952. The van der Waals surface area contributed by atoms with E-state index in [-0.39, 0.29) is 5.78 Å². The number of rotatable bonds is 4. The van der Waals surface area contributed by atoms with Gasteiger partial charge in [-0.25, -0.2) is 0 Å². The summed E-state index contributed by atoms with van der Waals surface area (Å²) in [5, 5.41) is 0. The third kappa shape index (κ3) is 3.32. The van der Waals surface area contributed by atoms with Crippen molar-refractivity contribution >= 4 is 17.5 Å². The van der Waals surface area contributed by atoms with Gasteiger partial charge < -0.3 is 4.90 Å². The average Bonchev–Trinajstić information content (AvgIpc) is 2.62. The van der Waals surface area contributed by atoms with E-state index in [9.17, 15) is 4.79 Å². The van der Waals surface area contributed by atoms with Gasteiger partial charge in [-0.1, -0.05) is 60.7 Å². The van der Waals surface area contributed by atoms with Crippen LogP contribution >= 0.6 is 0 Å². The highest BCUT2D eigenvalue weighted by atomic mass is 16.1. The van der Waals surface area contributed by atoms with Crippen molar-refractivity contribution in [2.45, 2.75) is 6.92 Å². The molecule has 0 saturated heterocycles. The monoisotopic (exact) mass is 301 g/mol. The van der Waals surface area contributed by atoms with Gasteiger partial charge in [0.1, 0.15) is 0 Å². The van der Waals surface area contributed by atoms with E-state index in [4.69, 9.17) is 0 Å². The number of hydrogen-bond acceptors (Lipinski definition) is 2. The van der Waals surface area contributed by atoms with Gasteiger partial charge in [0, 0.05) is 23.5 Å². The number of benzene rings is 2. The lowest BCUT2D eigenvalue weighted by molar-refractivity contribution is 0.104. The summed E-state index contributed by atoms with van der Waals surface area (Å²) < 4.78 is 0.